The molecule has 0 amide bonds. The van der Waals surface area contributed by atoms with E-state index in [4.69, 9.17) is 0 Å². The number of fused-ring (bicyclic) bond motifs is 4. The molecule has 4 rings (SSSR count). The number of hydrogen-bond acceptors (Lipinski definition) is 2. The zero-order chi connectivity index (χ0) is 13.9. The van der Waals surface area contributed by atoms with Crippen molar-refractivity contribution in [2.24, 2.45) is 18.9 Å². The number of aromatic nitrogens is 1. The summed E-state index contributed by atoms with van der Waals surface area (Å²) in [5.41, 5.74) is 3.44. The Kier molecular flexibility index (Phi) is 2.55. The van der Waals surface area contributed by atoms with E-state index in [0.717, 1.165) is 31.6 Å². The van der Waals surface area contributed by atoms with Crippen LogP contribution in [0.4, 0.5) is 0 Å². The van der Waals surface area contributed by atoms with E-state index in [1.165, 1.54) is 16.5 Å². The molecule has 104 valence electrons. The number of rotatable bonds is 0. The predicted molar refractivity (Wildman–Crippen MR) is 80.0 cm³/mol. The van der Waals surface area contributed by atoms with Gasteiger partial charge in [-0.25, -0.2) is 0 Å². The van der Waals surface area contributed by atoms with Crippen LogP contribution in [0.1, 0.15) is 22.5 Å². The van der Waals surface area contributed by atoms with Crippen molar-refractivity contribution in [3.05, 3.63) is 35.5 Å². The van der Waals surface area contributed by atoms with Gasteiger partial charge in [0.05, 0.1) is 5.69 Å². The minimum atomic E-state index is 0.238. The second kappa shape index (κ2) is 4.19. The maximum atomic E-state index is 12.9. The Hall–Kier alpha value is -1.61. The minimum Gasteiger partial charge on any atom is -0.341 e. The highest BCUT2D eigenvalue weighted by atomic mass is 16.1. The molecule has 1 fully saturated rings. The van der Waals surface area contributed by atoms with Crippen molar-refractivity contribution in [3.63, 3.8) is 0 Å². The molecule has 2 atom stereocenters. The summed E-state index contributed by atoms with van der Waals surface area (Å²) in [7, 11) is 4.20. The minimum absolute atomic E-state index is 0.238. The summed E-state index contributed by atoms with van der Waals surface area (Å²) in [5.74, 6) is 1.12. The van der Waals surface area contributed by atoms with Crippen LogP contribution >= 0.6 is 0 Å². The van der Waals surface area contributed by atoms with E-state index in [-0.39, 0.29) is 5.92 Å². The van der Waals surface area contributed by atoms with Crippen molar-refractivity contribution in [3.8, 4) is 0 Å². The number of nitrogens with zero attached hydrogens (tertiary/aromatic N) is 2. The molecule has 0 N–H and O–H groups in total. The Morgan fingerprint density at radius 2 is 2.00 bits per heavy atom. The lowest BCUT2D eigenvalue weighted by Gasteiger charge is -2.38. The lowest BCUT2D eigenvalue weighted by molar-refractivity contribution is 0.0707. The van der Waals surface area contributed by atoms with E-state index in [0.29, 0.717) is 11.7 Å². The summed E-state index contributed by atoms with van der Waals surface area (Å²) < 4.78 is 2.11. The molecule has 1 aliphatic heterocycles. The second-order valence-corrected chi connectivity index (χ2v) is 6.39. The van der Waals surface area contributed by atoms with Crippen LogP contribution in [0.5, 0.6) is 0 Å². The Morgan fingerprint density at radius 3 is 2.85 bits per heavy atom. The van der Waals surface area contributed by atoms with Crippen molar-refractivity contribution in [2.75, 3.05) is 20.1 Å². The van der Waals surface area contributed by atoms with Crippen molar-refractivity contribution >= 4 is 16.7 Å². The van der Waals surface area contributed by atoms with Crippen LogP contribution in [0.25, 0.3) is 10.9 Å². The summed E-state index contributed by atoms with van der Waals surface area (Å²) in [4.78, 5) is 15.3. The first-order valence-corrected chi connectivity index (χ1v) is 7.46. The first-order chi connectivity index (χ1) is 9.66. The van der Waals surface area contributed by atoms with Gasteiger partial charge >= 0.3 is 0 Å². The average Bonchev–Trinajstić information content (AvgIpc) is 2.73. The SMILES string of the molecule is CN1CC[C@H]2C(=O)c3c(c4ccccc4n3C)C[C@@H]2C1. The van der Waals surface area contributed by atoms with Gasteiger partial charge < -0.3 is 9.47 Å². The number of ketones is 1. The van der Waals surface area contributed by atoms with Gasteiger partial charge in [0.1, 0.15) is 0 Å². The topological polar surface area (TPSA) is 25.2 Å². The van der Waals surface area contributed by atoms with E-state index >= 15 is 0 Å². The van der Waals surface area contributed by atoms with E-state index in [1.807, 2.05) is 7.05 Å². The first kappa shape index (κ1) is 12.2. The zero-order valence-corrected chi connectivity index (χ0v) is 12.1. The van der Waals surface area contributed by atoms with E-state index in [9.17, 15) is 4.79 Å². The smallest absolute Gasteiger partial charge is 0.182 e. The maximum Gasteiger partial charge on any atom is 0.182 e. The van der Waals surface area contributed by atoms with E-state index < -0.39 is 0 Å². The van der Waals surface area contributed by atoms with Gasteiger partial charge in [-0.1, -0.05) is 18.2 Å². The number of carbonyl (C=O) groups excluding carboxylic acids is 1. The molecule has 1 aromatic heterocycles. The van der Waals surface area contributed by atoms with Gasteiger partial charge in [0, 0.05) is 30.4 Å². The maximum absolute atomic E-state index is 12.9. The second-order valence-electron chi connectivity index (χ2n) is 6.39. The number of likely N-dealkylation sites (tertiary alicyclic amines) is 1. The van der Waals surface area contributed by atoms with Crippen LogP contribution in [0.15, 0.2) is 24.3 Å². The van der Waals surface area contributed by atoms with Gasteiger partial charge in [0.15, 0.2) is 5.78 Å². The van der Waals surface area contributed by atoms with Gasteiger partial charge in [-0.05, 0) is 44.0 Å². The van der Waals surface area contributed by atoms with Gasteiger partial charge in [0.25, 0.3) is 0 Å². The van der Waals surface area contributed by atoms with E-state index in [2.05, 4.69) is 40.8 Å². The molecule has 20 heavy (non-hydrogen) atoms. The molecule has 0 saturated carbocycles. The number of hydrogen-bond donors (Lipinski definition) is 0. The standard InChI is InChI=1S/C17H20N2O/c1-18-8-7-12-11(10-18)9-14-13-5-3-4-6-15(13)19(2)16(14)17(12)20/h3-6,11-12H,7-10H2,1-2H3/t11-,12-/m1/s1. The molecule has 2 heterocycles. The molecule has 3 nitrogen and oxygen atoms in total. The molecule has 1 saturated heterocycles. The van der Waals surface area contributed by atoms with Crippen molar-refractivity contribution in [1.29, 1.82) is 0 Å². The molecular formula is C17H20N2O. The Bertz CT molecular complexity index is 700. The molecule has 3 heteroatoms. The third-order valence-corrected chi connectivity index (χ3v) is 5.19. The lowest BCUT2D eigenvalue weighted by Crippen LogP contribution is -2.45. The van der Waals surface area contributed by atoms with Gasteiger partial charge in [-0.2, -0.15) is 0 Å². The van der Waals surface area contributed by atoms with Crippen LogP contribution in [-0.4, -0.2) is 35.4 Å². The normalized spacial score (nSPS) is 26.6. The highest BCUT2D eigenvalue weighted by Gasteiger charge is 2.40. The number of benzene rings is 1. The van der Waals surface area contributed by atoms with E-state index in [1.54, 1.807) is 0 Å². The Morgan fingerprint density at radius 1 is 1.20 bits per heavy atom. The van der Waals surface area contributed by atoms with Gasteiger partial charge in [0.2, 0.25) is 0 Å². The largest absolute Gasteiger partial charge is 0.341 e. The summed E-state index contributed by atoms with van der Waals surface area (Å²) in [6.45, 7) is 2.10. The highest BCUT2D eigenvalue weighted by Crippen LogP contribution is 2.39. The fraction of sp³-hybridized carbons (Fsp3) is 0.471. The Labute approximate surface area is 119 Å². The van der Waals surface area contributed by atoms with Crippen LogP contribution in [-0.2, 0) is 13.5 Å². The molecule has 2 aromatic rings. The van der Waals surface area contributed by atoms with Crippen LogP contribution in [0, 0.1) is 11.8 Å². The number of piperidine rings is 1. The number of para-hydroxylation sites is 1. The number of aryl methyl sites for hydroxylation is 1. The molecule has 0 bridgehead atoms. The highest BCUT2D eigenvalue weighted by molar-refractivity contribution is 6.05. The third kappa shape index (κ3) is 1.53. The third-order valence-electron chi connectivity index (χ3n) is 5.19. The summed E-state index contributed by atoms with van der Waals surface area (Å²) in [6, 6.07) is 8.41. The molecule has 1 aliphatic carbocycles. The number of carbonyl (C=O) groups is 1. The average molecular weight is 268 g/mol. The van der Waals surface area contributed by atoms with Crippen molar-refractivity contribution in [1.82, 2.24) is 9.47 Å². The van der Waals surface area contributed by atoms with Crippen LogP contribution < -0.4 is 0 Å². The van der Waals surface area contributed by atoms with Crippen molar-refractivity contribution < 1.29 is 4.79 Å². The monoisotopic (exact) mass is 268 g/mol. The first-order valence-electron chi connectivity index (χ1n) is 7.46. The summed E-state index contributed by atoms with van der Waals surface area (Å²) in [6.07, 6.45) is 2.07. The van der Waals surface area contributed by atoms with Gasteiger partial charge in [-0.3, -0.25) is 4.79 Å². The van der Waals surface area contributed by atoms with Gasteiger partial charge in [-0.15, -0.1) is 0 Å². The molecular weight excluding hydrogens is 248 g/mol. The van der Waals surface area contributed by atoms with Crippen LogP contribution in [0.2, 0.25) is 0 Å². The fourth-order valence-corrected chi connectivity index (χ4v) is 4.20. The number of Topliss-reactive ketones (excluding diaryl/α,β-unsaturated/α-hetero) is 1. The fourth-order valence-electron chi connectivity index (χ4n) is 4.20. The summed E-state index contributed by atoms with van der Waals surface area (Å²) in [5, 5.41) is 1.27. The lowest BCUT2D eigenvalue weighted by atomic mass is 9.73. The molecule has 1 aromatic carbocycles. The quantitative estimate of drug-likeness (QED) is 0.733. The molecule has 0 spiro atoms. The predicted octanol–water partition coefficient (Wildman–Crippen LogP) is 2.49. The summed E-state index contributed by atoms with van der Waals surface area (Å²) >= 11 is 0. The zero-order valence-electron chi connectivity index (χ0n) is 12.1. The molecule has 0 unspecified atom stereocenters. The molecule has 2 aliphatic rings. The Balaban J connectivity index is 1.91. The van der Waals surface area contributed by atoms with Crippen molar-refractivity contribution in [2.45, 2.75) is 12.8 Å². The molecule has 0 radical (unpaired) electrons. The van der Waals surface area contributed by atoms with Crippen LogP contribution in [0.3, 0.4) is 0 Å².